The summed E-state index contributed by atoms with van der Waals surface area (Å²) < 4.78 is 11.8. The topological polar surface area (TPSA) is 67.6 Å². The number of rotatable bonds is 5. The van der Waals surface area contributed by atoms with Gasteiger partial charge in [0.1, 0.15) is 22.6 Å². The highest BCUT2D eigenvalue weighted by Gasteiger charge is 2.46. The molecule has 6 heteroatoms. The van der Waals surface area contributed by atoms with Crippen LogP contribution in [0.25, 0.3) is 11.3 Å². The number of carbonyl (C=O) groups is 1. The Labute approximate surface area is 179 Å². The summed E-state index contributed by atoms with van der Waals surface area (Å²) in [4.78, 5) is 15.9. The highest BCUT2D eigenvalue weighted by molar-refractivity contribution is 6.01. The van der Waals surface area contributed by atoms with E-state index in [1.807, 2.05) is 30.3 Å². The summed E-state index contributed by atoms with van der Waals surface area (Å²) in [5, 5.41) is 7.49. The van der Waals surface area contributed by atoms with Crippen molar-refractivity contribution in [3.8, 4) is 11.3 Å². The summed E-state index contributed by atoms with van der Waals surface area (Å²) in [6.07, 6.45) is 4.17. The number of nitrogens with zero attached hydrogens (tertiary/aromatic N) is 2. The van der Waals surface area contributed by atoms with Gasteiger partial charge in [-0.15, -0.1) is 0 Å². The Morgan fingerprint density at radius 3 is 2.87 bits per heavy atom. The van der Waals surface area contributed by atoms with Crippen molar-refractivity contribution in [1.29, 1.82) is 0 Å². The first kappa shape index (κ1) is 21.1. The number of benzene rings is 1. The van der Waals surface area contributed by atoms with Crippen molar-refractivity contribution >= 4 is 5.91 Å². The maximum Gasteiger partial charge on any atom is 0.257 e. The van der Waals surface area contributed by atoms with Gasteiger partial charge < -0.3 is 14.6 Å². The van der Waals surface area contributed by atoms with E-state index in [-0.39, 0.29) is 17.6 Å². The summed E-state index contributed by atoms with van der Waals surface area (Å²) >= 11 is 0. The zero-order valence-corrected chi connectivity index (χ0v) is 18.3. The van der Waals surface area contributed by atoms with E-state index in [9.17, 15) is 4.79 Å². The molecule has 2 heterocycles. The lowest BCUT2D eigenvalue weighted by atomic mass is 9.78. The van der Waals surface area contributed by atoms with Crippen LogP contribution >= 0.6 is 0 Å². The fourth-order valence-electron chi connectivity index (χ4n) is 4.99. The zero-order valence-electron chi connectivity index (χ0n) is 18.3. The molecule has 2 aliphatic rings. The standard InChI is InChI=1S/C24H33N3O3/c1-17(2)15-27-13-14-29-24(16-27)12-8-7-11-20(24)25-23(28)21-18(3)30-26-22(21)19-9-5-4-6-10-19/h4-6,9-10,17,20H,7-8,11-16H2,1-3H3,(H,25,28). The normalized spacial score (nSPS) is 25.0. The van der Waals surface area contributed by atoms with Crippen molar-refractivity contribution in [3.05, 3.63) is 41.7 Å². The highest BCUT2D eigenvalue weighted by atomic mass is 16.5. The summed E-state index contributed by atoms with van der Waals surface area (Å²) in [5.74, 6) is 1.04. The Balaban J connectivity index is 1.56. The summed E-state index contributed by atoms with van der Waals surface area (Å²) in [7, 11) is 0. The molecule has 2 aromatic rings. The predicted octanol–water partition coefficient (Wildman–Crippen LogP) is 4.05. The van der Waals surface area contributed by atoms with Crippen molar-refractivity contribution in [3.63, 3.8) is 0 Å². The minimum Gasteiger partial charge on any atom is -0.370 e. The van der Waals surface area contributed by atoms with Crippen molar-refractivity contribution in [1.82, 2.24) is 15.4 Å². The molecule has 162 valence electrons. The maximum absolute atomic E-state index is 13.4. The number of carbonyl (C=O) groups excluding carboxylic acids is 1. The summed E-state index contributed by atoms with van der Waals surface area (Å²) in [6.45, 7) is 9.93. The van der Waals surface area contributed by atoms with Gasteiger partial charge in [-0.3, -0.25) is 9.69 Å². The lowest BCUT2D eigenvalue weighted by molar-refractivity contribution is -0.142. The molecule has 6 nitrogen and oxygen atoms in total. The Morgan fingerprint density at radius 1 is 1.30 bits per heavy atom. The third-order valence-corrected chi connectivity index (χ3v) is 6.33. The number of aryl methyl sites for hydroxylation is 1. The molecule has 0 bridgehead atoms. The van der Waals surface area contributed by atoms with Gasteiger partial charge in [0.05, 0.1) is 12.6 Å². The SMILES string of the molecule is Cc1onc(-c2ccccc2)c1C(=O)NC1CCCCC12CN(CC(C)C)CCO2. The monoisotopic (exact) mass is 411 g/mol. The average molecular weight is 412 g/mol. The van der Waals surface area contributed by atoms with Crippen LogP contribution in [0.5, 0.6) is 0 Å². The smallest absolute Gasteiger partial charge is 0.257 e. The first-order valence-corrected chi connectivity index (χ1v) is 11.2. The Bertz CT molecular complexity index is 860. The van der Waals surface area contributed by atoms with Crippen molar-refractivity contribution in [2.75, 3.05) is 26.2 Å². The van der Waals surface area contributed by atoms with Gasteiger partial charge in [-0.1, -0.05) is 62.2 Å². The molecule has 2 fully saturated rings. The number of aromatic nitrogens is 1. The van der Waals surface area contributed by atoms with E-state index in [4.69, 9.17) is 9.26 Å². The fourth-order valence-corrected chi connectivity index (χ4v) is 4.99. The lowest BCUT2D eigenvalue weighted by Crippen LogP contribution is -2.64. The Kier molecular flexibility index (Phi) is 6.25. The second kappa shape index (κ2) is 8.90. The average Bonchev–Trinajstić information content (AvgIpc) is 3.12. The number of hydrogen-bond acceptors (Lipinski definition) is 5. The van der Waals surface area contributed by atoms with Gasteiger partial charge in [-0.25, -0.2) is 0 Å². The van der Waals surface area contributed by atoms with Gasteiger partial charge in [0.2, 0.25) is 0 Å². The van der Waals surface area contributed by atoms with Gasteiger partial charge in [-0.2, -0.15) is 0 Å². The van der Waals surface area contributed by atoms with Crippen LogP contribution in [0.1, 0.15) is 55.6 Å². The number of ether oxygens (including phenoxy) is 1. The van der Waals surface area contributed by atoms with Crippen LogP contribution in [0.4, 0.5) is 0 Å². The number of nitrogens with one attached hydrogen (secondary N) is 1. The quantitative estimate of drug-likeness (QED) is 0.804. The van der Waals surface area contributed by atoms with E-state index >= 15 is 0 Å². The molecule has 1 amide bonds. The van der Waals surface area contributed by atoms with Gasteiger partial charge in [0, 0.05) is 25.2 Å². The number of morpholine rings is 1. The number of amides is 1. The molecular formula is C24H33N3O3. The second-order valence-electron chi connectivity index (χ2n) is 9.14. The van der Waals surface area contributed by atoms with Crippen LogP contribution in [-0.4, -0.2) is 53.8 Å². The first-order chi connectivity index (χ1) is 14.5. The van der Waals surface area contributed by atoms with E-state index in [2.05, 4.69) is 29.2 Å². The molecule has 1 aromatic carbocycles. The zero-order chi connectivity index (χ0) is 21.1. The minimum absolute atomic E-state index is 0.00774. The van der Waals surface area contributed by atoms with Crippen molar-refractivity contribution < 1.29 is 14.1 Å². The van der Waals surface area contributed by atoms with Crippen molar-refractivity contribution in [2.45, 2.75) is 58.1 Å². The van der Waals surface area contributed by atoms with Crippen LogP contribution in [0.2, 0.25) is 0 Å². The van der Waals surface area contributed by atoms with Crippen LogP contribution in [0, 0.1) is 12.8 Å². The van der Waals surface area contributed by atoms with E-state index in [0.717, 1.165) is 57.5 Å². The summed E-state index contributed by atoms with van der Waals surface area (Å²) in [5.41, 5.74) is 1.70. The molecular weight excluding hydrogens is 378 g/mol. The Morgan fingerprint density at radius 2 is 2.10 bits per heavy atom. The van der Waals surface area contributed by atoms with Gasteiger partial charge in [-0.05, 0) is 25.7 Å². The molecule has 0 radical (unpaired) electrons. The third-order valence-electron chi connectivity index (χ3n) is 6.33. The maximum atomic E-state index is 13.4. The molecule has 4 rings (SSSR count). The molecule has 1 aromatic heterocycles. The largest absolute Gasteiger partial charge is 0.370 e. The molecule has 30 heavy (non-hydrogen) atoms. The molecule has 1 aliphatic carbocycles. The van der Waals surface area contributed by atoms with Crippen molar-refractivity contribution in [2.24, 2.45) is 5.92 Å². The third kappa shape index (κ3) is 4.30. The van der Waals surface area contributed by atoms with Crippen LogP contribution < -0.4 is 5.32 Å². The van der Waals surface area contributed by atoms with E-state index in [1.54, 1.807) is 6.92 Å². The van der Waals surface area contributed by atoms with Crippen LogP contribution in [0.15, 0.2) is 34.9 Å². The lowest BCUT2D eigenvalue weighted by Gasteiger charge is -2.50. The van der Waals surface area contributed by atoms with Gasteiger partial charge in [0.25, 0.3) is 5.91 Å². The molecule has 1 N–H and O–H groups in total. The minimum atomic E-state index is -0.307. The molecule has 1 spiro atoms. The van der Waals surface area contributed by atoms with Gasteiger partial charge >= 0.3 is 0 Å². The fraction of sp³-hybridized carbons (Fsp3) is 0.583. The molecule has 2 atom stereocenters. The first-order valence-electron chi connectivity index (χ1n) is 11.2. The van der Waals surface area contributed by atoms with Gasteiger partial charge in [0.15, 0.2) is 0 Å². The molecule has 1 saturated carbocycles. The highest BCUT2D eigenvalue weighted by Crippen LogP contribution is 2.36. The van der Waals surface area contributed by atoms with E-state index in [0.29, 0.717) is 22.9 Å². The predicted molar refractivity (Wildman–Crippen MR) is 116 cm³/mol. The van der Waals surface area contributed by atoms with E-state index < -0.39 is 0 Å². The summed E-state index contributed by atoms with van der Waals surface area (Å²) in [6, 6.07) is 9.72. The Hall–Kier alpha value is -2.18. The molecule has 1 aliphatic heterocycles. The second-order valence-corrected chi connectivity index (χ2v) is 9.14. The van der Waals surface area contributed by atoms with Crippen LogP contribution in [0.3, 0.4) is 0 Å². The molecule has 1 saturated heterocycles. The van der Waals surface area contributed by atoms with Crippen LogP contribution in [-0.2, 0) is 4.74 Å². The molecule has 2 unspecified atom stereocenters. The van der Waals surface area contributed by atoms with E-state index in [1.165, 1.54) is 0 Å². The number of hydrogen-bond donors (Lipinski definition) is 1.